The number of fused-ring (bicyclic) bond motifs is 1. The van der Waals surface area contributed by atoms with E-state index in [0.717, 1.165) is 25.2 Å². The van der Waals surface area contributed by atoms with Gasteiger partial charge in [-0.1, -0.05) is 30.3 Å². The SMILES string of the molecule is CCNC(=NCc1ccccn1)NCC(=O)N1CCc2ccccc2C1.I. The number of aliphatic imine (C=N–C) groups is 1. The molecule has 144 valence electrons. The van der Waals surface area contributed by atoms with E-state index in [9.17, 15) is 4.79 Å². The van der Waals surface area contributed by atoms with E-state index >= 15 is 0 Å². The number of amides is 1. The highest BCUT2D eigenvalue weighted by Crippen LogP contribution is 2.18. The molecular weight excluding hydrogens is 453 g/mol. The van der Waals surface area contributed by atoms with Crippen LogP contribution in [0.2, 0.25) is 0 Å². The first kappa shape index (κ1) is 21.1. The molecule has 1 aromatic carbocycles. The number of halogens is 1. The third-order valence-electron chi connectivity index (χ3n) is 4.36. The summed E-state index contributed by atoms with van der Waals surface area (Å²) < 4.78 is 0. The number of nitrogens with zero attached hydrogens (tertiary/aromatic N) is 3. The summed E-state index contributed by atoms with van der Waals surface area (Å²) in [6.07, 6.45) is 2.67. The molecule has 0 saturated heterocycles. The highest BCUT2D eigenvalue weighted by Gasteiger charge is 2.20. The van der Waals surface area contributed by atoms with Crippen LogP contribution in [0.25, 0.3) is 0 Å². The van der Waals surface area contributed by atoms with Crippen molar-refractivity contribution in [1.82, 2.24) is 20.5 Å². The molecule has 1 aromatic heterocycles. The van der Waals surface area contributed by atoms with Crippen LogP contribution in [-0.2, 0) is 24.3 Å². The van der Waals surface area contributed by atoms with Crippen molar-refractivity contribution in [2.75, 3.05) is 19.6 Å². The molecule has 2 heterocycles. The van der Waals surface area contributed by atoms with Crippen LogP contribution in [0.1, 0.15) is 23.7 Å². The van der Waals surface area contributed by atoms with E-state index in [1.54, 1.807) is 6.20 Å². The number of rotatable bonds is 5. The fourth-order valence-electron chi connectivity index (χ4n) is 2.97. The molecule has 0 radical (unpaired) electrons. The average Bonchev–Trinajstić information content (AvgIpc) is 2.70. The Hall–Kier alpha value is -2.16. The number of hydrogen-bond donors (Lipinski definition) is 2. The summed E-state index contributed by atoms with van der Waals surface area (Å²) >= 11 is 0. The molecule has 27 heavy (non-hydrogen) atoms. The summed E-state index contributed by atoms with van der Waals surface area (Å²) in [6, 6.07) is 14.1. The van der Waals surface area contributed by atoms with E-state index in [-0.39, 0.29) is 36.4 Å². The molecule has 3 rings (SSSR count). The van der Waals surface area contributed by atoms with Gasteiger partial charge >= 0.3 is 0 Å². The maximum atomic E-state index is 12.6. The number of hydrogen-bond acceptors (Lipinski definition) is 3. The van der Waals surface area contributed by atoms with Gasteiger partial charge in [0, 0.05) is 25.8 Å². The molecule has 0 bridgehead atoms. The highest BCUT2D eigenvalue weighted by molar-refractivity contribution is 14.0. The van der Waals surface area contributed by atoms with E-state index in [1.807, 2.05) is 36.1 Å². The zero-order valence-corrected chi connectivity index (χ0v) is 17.8. The van der Waals surface area contributed by atoms with Gasteiger partial charge in [-0.3, -0.25) is 9.78 Å². The Bertz CT molecular complexity index is 766. The lowest BCUT2D eigenvalue weighted by molar-refractivity contribution is -0.130. The van der Waals surface area contributed by atoms with Crippen molar-refractivity contribution in [3.05, 3.63) is 65.5 Å². The molecule has 0 atom stereocenters. The Balaban J connectivity index is 0.00000261. The van der Waals surface area contributed by atoms with E-state index in [1.165, 1.54) is 11.1 Å². The van der Waals surface area contributed by atoms with Gasteiger partial charge in [0.2, 0.25) is 5.91 Å². The van der Waals surface area contributed by atoms with Crippen molar-refractivity contribution in [3.63, 3.8) is 0 Å². The lowest BCUT2D eigenvalue weighted by atomic mass is 10.00. The van der Waals surface area contributed by atoms with E-state index in [0.29, 0.717) is 19.0 Å². The van der Waals surface area contributed by atoms with Crippen LogP contribution >= 0.6 is 24.0 Å². The molecule has 0 spiro atoms. The average molecular weight is 479 g/mol. The molecule has 1 aliphatic heterocycles. The van der Waals surface area contributed by atoms with Gasteiger partial charge in [-0.05, 0) is 36.6 Å². The smallest absolute Gasteiger partial charge is 0.242 e. The molecular formula is C20H26IN5O. The van der Waals surface area contributed by atoms with Crippen LogP contribution in [0.5, 0.6) is 0 Å². The number of aromatic nitrogens is 1. The van der Waals surface area contributed by atoms with Gasteiger partial charge in [0.25, 0.3) is 0 Å². The van der Waals surface area contributed by atoms with Crippen LogP contribution in [0.15, 0.2) is 53.7 Å². The minimum Gasteiger partial charge on any atom is -0.357 e. The van der Waals surface area contributed by atoms with Gasteiger partial charge in [0.15, 0.2) is 5.96 Å². The van der Waals surface area contributed by atoms with Crippen LogP contribution in [0, 0.1) is 0 Å². The Morgan fingerprint density at radius 1 is 1.15 bits per heavy atom. The second-order valence-electron chi connectivity index (χ2n) is 6.20. The summed E-state index contributed by atoms with van der Waals surface area (Å²) in [5.41, 5.74) is 3.47. The topological polar surface area (TPSA) is 69.6 Å². The van der Waals surface area contributed by atoms with Gasteiger partial charge in [-0.25, -0.2) is 4.99 Å². The second kappa shape index (κ2) is 10.9. The van der Waals surface area contributed by atoms with Crippen molar-refractivity contribution in [3.8, 4) is 0 Å². The second-order valence-corrected chi connectivity index (χ2v) is 6.20. The maximum absolute atomic E-state index is 12.6. The van der Waals surface area contributed by atoms with Crippen molar-refractivity contribution in [2.24, 2.45) is 4.99 Å². The van der Waals surface area contributed by atoms with Crippen molar-refractivity contribution in [1.29, 1.82) is 0 Å². The molecule has 2 N–H and O–H groups in total. The molecule has 2 aromatic rings. The van der Waals surface area contributed by atoms with Crippen LogP contribution < -0.4 is 10.6 Å². The van der Waals surface area contributed by atoms with Gasteiger partial charge in [0.05, 0.1) is 18.8 Å². The van der Waals surface area contributed by atoms with Crippen LogP contribution in [-0.4, -0.2) is 41.4 Å². The number of guanidine groups is 1. The molecule has 7 heteroatoms. The van der Waals surface area contributed by atoms with Crippen LogP contribution in [0.3, 0.4) is 0 Å². The molecule has 0 unspecified atom stereocenters. The van der Waals surface area contributed by atoms with Gasteiger partial charge in [-0.2, -0.15) is 0 Å². The van der Waals surface area contributed by atoms with Gasteiger partial charge in [-0.15, -0.1) is 24.0 Å². The number of carbonyl (C=O) groups is 1. The third-order valence-corrected chi connectivity index (χ3v) is 4.36. The fourth-order valence-corrected chi connectivity index (χ4v) is 2.97. The van der Waals surface area contributed by atoms with E-state index < -0.39 is 0 Å². The molecule has 0 fully saturated rings. The minimum absolute atomic E-state index is 0. The molecule has 1 amide bonds. The minimum atomic E-state index is 0. The summed E-state index contributed by atoms with van der Waals surface area (Å²) in [7, 11) is 0. The summed E-state index contributed by atoms with van der Waals surface area (Å²) in [6.45, 7) is 4.88. The molecule has 0 saturated carbocycles. The van der Waals surface area contributed by atoms with E-state index in [2.05, 4.69) is 38.8 Å². The normalized spacial score (nSPS) is 13.4. The predicted molar refractivity (Wildman–Crippen MR) is 118 cm³/mol. The number of nitrogens with one attached hydrogen (secondary N) is 2. The predicted octanol–water partition coefficient (Wildman–Crippen LogP) is 2.34. The van der Waals surface area contributed by atoms with Crippen LogP contribution in [0.4, 0.5) is 0 Å². The quantitative estimate of drug-likeness (QED) is 0.393. The first-order valence-electron chi connectivity index (χ1n) is 9.03. The third kappa shape index (κ3) is 6.20. The highest BCUT2D eigenvalue weighted by atomic mass is 127. The first-order valence-corrected chi connectivity index (χ1v) is 9.03. The van der Waals surface area contributed by atoms with Crippen molar-refractivity contribution in [2.45, 2.75) is 26.4 Å². The van der Waals surface area contributed by atoms with E-state index in [4.69, 9.17) is 0 Å². The standard InChI is InChI=1S/C20H25N5O.HI/c1-2-21-20(23-13-18-9-5-6-11-22-18)24-14-19(26)25-12-10-16-7-3-4-8-17(16)15-25;/h3-9,11H,2,10,12-15H2,1H3,(H2,21,23,24);1H. The number of carbonyl (C=O) groups excluding carboxylic acids is 1. The Morgan fingerprint density at radius 2 is 1.93 bits per heavy atom. The summed E-state index contributed by atoms with van der Waals surface area (Å²) in [5, 5.41) is 6.30. The Labute approximate surface area is 177 Å². The van der Waals surface area contributed by atoms with Gasteiger partial charge < -0.3 is 15.5 Å². The maximum Gasteiger partial charge on any atom is 0.242 e. The number of pyridine rings is 1. The molecule has 1 aliphatic rings. The first-order chi connectivity index (χ1) is 12.8. The summed E-state index contributed by atoms with van der Waals surface area (Å²) in [5.74, 6) is 0.715. The number of benzene rings is 1. The monoisotopic (exact) mass is 479 g/mol. The largest absolute Gasteiger partial charge is 0.357 e. The lowest BCUT2D eigenvalue weighted by Gasteiger charge is -2.29. The summed E-state index contributed by atoms with van der Waals surface area (Å²) in [4.78, 5) is 23.2. The molecule has 6 nitrogen and oxygen atoms in total. The zero-order valence-electron chi connectivity index (χ0n) is 15.5. The van der Waals surface area contributed by atoms with Crippen molar-refractivity contribution >= 4 is 35.8 Å². The van der Waals surface area contributed by atoms with Gasteiger partial charge in [0.1, 0.15) is 0 Å². The Morgan fingerprint density at radius 3 is 2.67 bits per heavy atom. The Kier molecular flexibility index (Phi) is 8.50. The fraction of sp³-hybridized carbons (Fsp3) is 0.350. The lowest BCUT2D eigenvalue weighted by Crippen LogP contribution is -2.45. The van der Waals surface area contributed by atoms with Crippen molar-refractivity contribution < 1.29 is 4.79 Å². The molecule has 0 aliphatic carbocycles. The zero-order chi connectivity index (χ0) is 18.2.